The van der Waals surface area contributed by atoms with Gasteiger partial charge in [-0.05, 0) is 58.9 Å². The average molecular weight is 292 g/mol. The van der Waals surface area contributed by atoms with Gasteiger partial charge in [0.25, 0.3) is 0 Å². The van der Waals surface area contributed by atoms with Crippen LogP contribution in [-0.2, 0) is 10.8 Å². The van der Waals surface area contributed by atoms with Gasteiger partial charge in [0.1, 0.15) is 0 Å². The van der Waals surface area contributed by atoms with E-state index in [1.807, 2.05) is 0 Å². The summed E-state index contributed by atoms with van der Waals surface area (Å²) in [6.45, 7) is 11.7. The number of hydrogen-bond donors (Lipinski definition) is 0. The lowest BCUT2D eigenvalue weighted by atomic mass is 9.63. The Morgan fingerprint density at radius 1 is 0.864 bits per heavy atom. The number of benzene rings is 2. The van der Waals surface area contributed by atoms with Gasteiger partial charge < -0.3 is 4.74 Å². The Labute approximate surface area is 133 Å². The third-order valence-corrected chi connectivity index (χ3v) is 5.64. The molecule has 0 atom stereocenters. The molecule has 2 aromatic carbocycles. The maximum atomic E-state index is 5.64. The summed E-state index contributed by atoms with van der Waals surface area (Å²) >= 11 is 0. The van der Waals surface area contributed by atoms with Crippen molar-refractivity contribution in [3.63, 3.8) is 0 Å². The summed E-state index contributed by atoms with van der Waals surface area (Å²) in [5, 5.41) is 0. The van der Waals surface area contributed by atoms with Gasteiger partial charge in [-0.3, -0.25) is 0 Å². The second kappa shape index (κ2) is 4.16. The summed E-state index contributed by atoms with van der Waals surface area (Å²) in [6.07, 6.45) is 2.51. The van der Waals surface area contributed by atoms with Crippen LogP contribution < -0.4 is 4.74 Å². The summed E-state index contributed by atoms with van der Waals surface area (Å²) in [5.74, 6) is 2.12. The molecule has 1 heteroatoms. The van der Waals surface area contributed by atoms with Crippen LogP contribution in [0.15, 0.2) is 30.3 Å². The number of ether oxygens (including phenoxy) is 1. The van der Waals surface area contributed by atoms with Gasteiger partial charge >= 0.3 is 0 Å². The molecule has 22 heavy (non-hydrogen) atoms. The number of hydrogen-bond acceptors (Lipinski definition) is 1. The molecule has 0 N–H and O–H groups in total. The molecular weight excluding hydrogens is 268 g/mol. The lowest BCUT2D eigenvalue weighted by Crippen LogP contribution is -2.33. The predicted molar refractivity (Wildman–Crippen MR) is 92.0 cm³/mol. The van der Waals surface area contributed by atoms with Crippen molar-refractivity contribution in [3.05, 3.63) is 47.0 Å². The molecule has 0 saturated heterocycles. The van der Waals surface area contributed by atoms with Crippen LogP contribution in [0.1, 0.15) is 57.2 Å². The zero-order chi connectivity index (χ0) is 15.7. The maximum Gasteiger partial charge on any atom is 0.178 e. The number of fused-ring (bicyclic) bond motifs is 2. The van der Waals surface area contributed by atoms with E-state index in [9.17, 15) is 0 Å². The van der Waals surface area contributed by atoms with E-state index in [4.69, 9.17) is 4.74 Å². The van der Waals surface area contributed by atoms with E-state index in [1.54, 1.807) is 0 Å². The van der Waals surface area contributed by atoms with Gasteiger partial charge in [-0.2, -0.15) is 0 Å². The van der Waals surface area contributed by atoms with E-state index < -0.39 is 0 Å². The number of aryl methyl sites for hydroxylation is 1. The molecule has 0 radical (unpaired) electrons. The van der Waals surface area contributed by atoms with Gasteiger partial charge in [0.05, 0.1) is 0 Å². The second-order valence-electron chi connectivity index (χ2n) is 8.21. The van der Waals surface area contributed by atoms with Gasteiger partial charge in [-0.1, -0.05) is 52.0 Å². The van der Waals surface area contributed by atoms with E-state index in [0.717, 1.165) is 11.5 Å². The fraction of sp³-hybridized carbons (Fsp3) is 0.429. The van der Waals surface area contributed by atoms with Crippen LogP contribution in [-0.4, -0.2) is 0 Å². The van der Waals surface area contributed by atoms with E-state index in [1.165, 1.54) is 40.7 Å². The summed E-state index contributed by atoms with van der Waals surface area (Å²) in [7, 11) is 0. The molecule has 114 valence electrons. The zero-order valence-corrected chi connectivity index (χ0v) is 14.2. The van der Waals surface area contributed by atoms with E-state index >= 15 is 0 Å². The SMILES string of the molecule is Cc1ccc2c(c1-c1ccc3c(c1)C(C)(C)CCC3(C)C)O2. The van der Waals surface area contributed by atoms with E-state index in [2.05, 4.69) is 65.0 Å². The van der Waals surface area contributed by atoms with Crippen molar-refractivity contribution in [2.24, 2.45) is 0 Å². The quantitative estimate of drug-likeness (QED) is 0.492. The molecule has 1 aliphatic heterocycles. The molecule has 2 aromatic rings. The summed E-state index contributed by atoms with van der Waals surface area (Å²) < 4.78 is 5.64. The molecule has 1 heterocycles. The predicted octanol–water partition coefficient (Wildman–Crippen LogP) is 6.12. The molecule has 1 nitrogen and oxygen atoms in total. The standard InChI is InChI=1S/C21H24O/c1-13-6-9-17-19(22-17)18(13)14-7-8-15-16(12-14)21(4,5)11-10-20(15,2)3/h6-9,12H,10-11H2,1-5H3. The Morgan fingerprint density at radius 2 is 1.55 bits per heavy atom. The van der Waals surface area contributed by atoms with Crippen molar-refractivity contribution < 1.29 is 4.74 Å². The minimum atomic E-state index is 0.251. The van der Waals surface area contributed by atoms with Crippen molar-refractivity contribution in [2.75, 3.05) is 0 Å². The molecule has 0 amide bonds. The van der Waals surface area contributed by atoms with Crippen LogP contribution in [0.4, 0.5) is 0 Å². The largest absolute Gasteiger partial charge is 0.449 e. The van der Waals surface area contributed by atoms with E-state index in [-0.39, 0.29) is 10.8 Å². The Kier molecular flexibility index (Phi) is 2.62. The molecule has 0 bridgehead atoms. The molecule has 0 saturated carbocycles. The third kappa shape index (κ3) is 1.91. The fourth-order valence-corrected chi connectivity index (χ4v) is 3.93. The lowest BCUT2D eigenvalue weighted by Gasteiger charge is -2.42. The Balaban J connectivity index is 1.92. The monoisotopic (exact) mass is 292 g/mol. The van der Waals surface area contributed by atoms with Crippen molar-refractivity contribution in [2.45, 2.75) is 58.3 Å². The van der Waals surface area contributed by atoms with Gasteiger partial charge in [-0.25, -0.2) is 0 Å². The Bertz CT molecular complexity index is 777. The molecule has 2 aliphatic rings. The van der Waals surface area contributed by atoms with Gasteiger partial charge in [-0.15, -0.1) is 0 Å². The van der Waals surface area contributed by atoms with Crippen LogP contribution in [0.25, 0.3) is 11.1 Å². The molecule has 0 unspecified atom stereocenters. The molecule has 0 fully saturated rings. The maximum absolute atomic E-state index is 5.64. The molecule has 0 aromatic heterocycles. The highest BCUT2D eigenvalue weighted by Gasteiger charge is 2.37. The van der Waals surface area contributed by atoms with E-state index in [0.29, 0.717) is 0 Å². The summed E-state index contributed by atoms with van der Waals surface area (Å²) in [4.78, 5) is 0. The van der Waals surface area contributed by atoms with Gasteiger partial charge in [0.2, 0.25) is 0 Å². The normalized spacial score (nSPS) is 19.9. The molecular formula is C21H24O. The van der Waals surface area contributed by atoms with Crippen molar-refractivity contribution in [1.29, 1.82) is 0 Å². The summed E-state index contributed by atoms with van der Waals surface area (Å²) in [5.41, 5.74) is 7.43. The second-order valence-corrected chi connectivity index (χ2v) is 8.21. The minimum absolute atomic E-state index is 0.251. The lowest BCUT2D eigenvalue weighted by molar-refractivity contribution is 0.332. The molecule has 0 spiro atoms. The highest BCUT2D eigenvalue weighted by molar-refractivity contribution is 5.83. The van der Waals surface area contributed by atoms with Crippen molar-refractivity contribution in [1.82, 2.24) is 0 Å². The Morgan fingerprint density at radius 3 is 2.27 bits per heavy atom. The van der Waals surface area contributed by atoms with Crippen molar-refractivity contribution >= 4 is 0 Å². The first-order valence-electron chi connectivity index (χ1n) is 8.26. The van der Waals surface area contributed by atoms with Gasteiger partial charge in [0, 0.05) is 5.56 Å². The topological polar surface area (TPSA) is 12.5 Å². The fourth-order valence-electron chi connectivity index (χ4n) is 3.93. The first-order chi connectivity index (χ1) is 10.3. The summed E-state index contributed by atoms with van der Waals surface area (Å²) in [6, 6.07) is 11.3. The average Bonchev–Trinajstić information content (AvgIpc) is 3.23. The first kappa shape index (κ1) is 13.9. The van der Waals surface area contributed by atoms with Crippen LogP contribution in [0.2, 0.25) is 0 Å². The molecule has 1 aliphatic carbocycles. The zero-order valence-electron chi connectivity index (χ0n) is 14.2. The smallest absolute Gasteiger partial charge is 0.178 e. The Hall–Kier alpha value is -1.76. The molecule has 4 rings (SSSR count). The highest BCUT2D eigenvalue weighted by Crippen LogP contribution is 2.54. The third-order valence-electron chi connectivity index (χ3n) is 5.64. The highest BCUT2D eigenvalue weighted by atomic mass is 16.6. The minimum Gasteiger partial charge on any atom is -0.449 e. The van der Waals surface area contributed by atoms with Crippen LogP contribution in [0, 0.1) is 6.92 Å². The number of rotatable bonds is 1. The van der Waals surface area contributed by atoms with Gasteiger partial charge in [0.15, 0.2) is 11.5 Å². The van der Waals surface area contributed by atoms with Crippen molar-refractivity contribution in [3.8, 4) is 22.6 Å². The van der Waals surface area contributed by atoms with Crippen LogP contribution >= 0.6 is 0 Å². The van der Waals surface area contributed by atoms with Crippen LogP contribution in [0.5, 0.6) is 11.5 Å². The van der Waals surface area contributed by atoms with Crippen LogP contribution in [0.3, 0.4) is 0 Å². The first-order valence-corrected chi connectivity index (χ1v) is 8.26.